The number of anilines is 1. The van der Waals surface area contributed by atoms with E-state index < -0.39 is 17.9 Å². The Morgan fingerprint density at radius 2 is 2.00 bits per heavy atom. The highest BCUT2D eigenvalue weighted by Crippen LogP contribution is 2.38. The highest BCUT2D eigenvalue weighted by atomic mass is 19.1. The number of benzene rings is 1. The third-order valence-corrected chi connectivity index (χ3v) is 3.86. The number of fused-ring (bicyclic) bond motifs is 1. The molecule has 0 fully saturated rings. The minimum absolute atomic E-state index is 0.0384. The van der Waals surface area contributed by atoms with Crippen LogP contribution in [-0.2, 0) is 9.59 Å². The first kappa shape index (κ1) is 14.3. The summed E-state index contributed by atoms with van der Waals surface area (Å²) in [5.41, 5.74) is 2.17. The average Bonchev–Trinajstić information content (AvgIpc) is 2.49. The lowest BCUT2D eigenvalue weighted by molar-refractivity contribution is -0.132. The molecule has 1 unspecified atom stereocenters. The number of para-hydroxylation sites is 1. The van der Waals surface area contributed by atoms with E-state index in [9.17, 15) is 19.1 Å². The van der Waals surface area contributed by atoms with Crippen LogP contribution < -0.4 is 4.90 Å². The van der Waals surface area contributed by atoms with Crippen LogP contribution in [0.25, 0.3) is 0 Å². The van der Waals surface area contributed by atoms with Crippen LogP contribution in [-0.4, -0.2) is 23.0 Å². The number of Topliss-reactive ketones (excluding diaryl/α,β-unsaturated/α-hetero) is 1. The summed E-state index contributed by atoms with van der Waals surface area (Å²) in [4.78, 5) is 25.0. The Bertz CT molecular complexity index is 746. The number of rotatable bonds is 2. The van der Waals surface area contributed by atoms with Crippen LogP contribution in [0.15, 0.2) is 65.0 Å². The number of carbonyl (C=O) groups excluding carboxylic acids is 1. The Morgan fingerprint density at radius 3 is 2.64 bits per heavy atom. The average molecular weight is 299 g/mol. The van der Waals surface area contributed by atoms with E-state index in [4.69, 9.17) is 0 Å². The number of alkyl halides is 1. The molecule has 1 heterocycles. The molecule has 22 heavy (non-hydrogen) atoms. The summed E-state index contributed by atoms with van der Waals surface area (Å²) in [6.07, 6.45) is 0.984. The minimum atomic E-state index is -1.74. The molecule has 0 saturated heterocycles. The molecule has 1 aromatic carbocycles. The maximum atomic E-state index is 13.6. The molecule has 1 aliphatic carbocycles. The fraction of sp³-hybridized carbons (Fsp3) is 0.176. The third-order valence-electron chi connectivity index (χ3n) is 3.86. The van der Waals surface area contributed by atoms with Gasteiger partial charge in [-0.05, 0) is 36.3 Å². The zero-order valence-electron chi connectivity index (χ0n) is 11.9. The van der Waals surface area contributed by atoms with Gasteiger partial charge in [-0.25, -0.2) is 9.18 Å². The van der Waals surface area contributed by atoms with Gasteiger partial charge in [-0.3, -0.25) is 4.79 Å². The third kappa shape index (κ3) is 2.24. The SMILES string of the molecule is CC1=C(C(=O)O)C2=CC(F)C(=O)CC2=CN1c1ccccc1. The maximum absolute atomic E-state index is 13.6. The highest BCUT2D eigenvalue weighted by Gasteiger charge is 2.34. The van der Waals surface area contributed by atoms with E-state index in [-0.39, 0.29) is 12.0 Å². The highest BCUT2D eigenvalue weighted by molar-refractivity contribution is 6.00. The van der Waals surface area contributed by atoms with Gasteiger partial charge in [0, 0.05) is 24.0 Å². The Labute approximate surface area is 126 Å². The van der Waals surface area contributed by atoms with Crippen LogP contribution in [0.2, 0.25) is 0 Å². The van der Waals surface area contributed by atoms with Gasteiger partial charge >= 0.3 is 5.97 Å². The van der Waals surface area contributed by atoms with Gasteiger partial charge in [0.25, 0.3) is 0 Å². The lowest BCUT2D eigenvalue weighted by Gasteiger charge is -2.32. The van der Waals surface area contributed by atoms with E-state index in [1.54, 1.807) is 18.0 Å². The lowest BCUT2D eigenvalue weighted by atomic mass is 9.84. The van der Waals surface area contributed by atoms with Crippen molar-refractivity contribution in [1.29, 1.82) is 0 Å². The molecule has 0 bridgehead atoms. The molecule has 0 saturated carbocycles. The van der Waals surface area contributed by atoms with E-state index in [1.807, 2.05) is 30.3 Å². The van der Waals surface area contributed by atoms with Crippen molar-refractivity contribution in [2.75, 3.05) is 4.90 Å². The van der Waals surface area contributed by atoms with Gasteiger partial charge in [0.05, 0.1) is 5.57 Å². The molecule has 1 atom stereocenters. The maximum Gasteiger partial charge on any atom is 0.338 e. The summed E-state index contributed by atoms with van der Waals surface area (Å²) < 4.78 is 13.6. The summed E-state index contributed by atoms with van der Waals surface area (Å²) in [6.45, 7) is 1.67. The fourth-order valence-corrected chi connectivity index (χ4v) is 2.78. The summed E-state index contributed by atoms with van der Waals surface area (Å²) in [5, 5.41) is 9.50. The number of halogens is 1. The summed E-state index contributed by atoms with van der Waals surface area (Å²) in [6, 6.07) is 9.24. The van der Waals surface area contributed by atoms with Crippen LogP contribution in [0.5, 0.6) is 0 Å². The van der Waals surface area contributed by atoms with Crippen LogP contribution >= 0.6 is 0 Å². The van der Waals surface area contributed by atoms with Crippen LogP contribution in [0.1, 0.15) is 13.3 Å². The zero-order valence-corrected chi connectivity index (χ0v) is 11.9. The first-order valence-electron chi connectivity index (χ1n) is 6.87. The van der Waals surface area contributed by atoms with E-state index in [2.05, 4.69) is 0 Å². The molecular formula is C17H14FNO3. The molecule has 1 aromatic rings. The second kappa shape index (κ2) is 5.26. The van der Waals surface area contributed by atoms with Gasteiger partial charge in [-0.15, -0.1) is 0 Å². The molecule has 1 aliphatic heterocycles. The van der Waals surface area contributed by atoms with Gasteiger partial charge in [-0.1, -0.05) is 18.2 Å². The Kier molecular flexibility index (Phi) is 3.41. The van der Waals surface area contributed by atoms with Crippen molar-refractivity contribution in [3.63, 3.8) is 0 Å². The van der Waals surface area contributed by atoms with Crippen molar-refractivity contribution in [1.82, 2.24) is 0 Å². The number of ketones is 1. The van der Waals surface area contributed by atoms with Gasteiger partial charge in [0.2, 0.25) is 0 Å². The second-order valence-corrected chi connectivity index (χ2v) is 5.25. The summed E-state index contributed by atoms with van der Waals surface area (Å²) in [7, 11) is 0. The van der Waals surface area contributed by atoms with Crippen molar-refractivity contribution < 1.29 is 19.1 Å². The monoisotopic (exact) mass is 299 g/mol. The molecule has 2 aliphatic rings. The molecule has 0 spiro atoms. The van der Waals surface area contributed by atoms with E-state index in [1.165, 1.54) is 0 Å². The molecule has 0 amide bonds. The predicted octanol–water partition coefficient (Wildman–Crippen LogP) is 2.99. The number of carboxylic acids is 1. The molecule has 112 valence electrons. The summed E-state index contributed by atoms with van der Waals surface area (Å²) >= 11 is 0. The Morgan fingerprint density at radius 1 is 1.32 bits per heavy atom. The van der Waals surface area contributed by atoms with Crippen LogP contribution in [0.4, 0.5) is 10.1 Å². The Balaban J connectivity index is 2.18. The minimum Gasteiger partial charge on any atom is -0.478 e. The van der Waals surface area contributed by atoms with Crippen molar-refractivity contribution in [2.24, 2.45) is 0 Å². The van der Waals surface area contributed by atoms with Crippen LogP contribution in [0.3, 0.4) is 0 Å². The van der Waals surface area contributed by atoms with Crippen molar-refractivity contribution in [2.45, 2.75) is 19.5 Å². The normalized spacial score (nSPS) is 21.3. The van der Waals surface area contributed by atoms with Crippen LogP contribution in [0, 0.1) is 0 Å². The lowest BCUT2D eigenvalue weighted by Crippen LogP contribution is -2.30. The number of carbonyl (C=O) groups is 2. The molecule has 0 aromatic heterocycles. The number of carboxylic acid groups (broad SMARTS) is 1. The first-order valence-corrected chi connectivity index (χ1v) is 6.87. The number of allylic oxidation sites excluding steroid dienone is 3. The fourth-order valence-electron chi connectivity index (χ4n) is 2.78. The van der Waals surface area contributed by atoms with E-state index in [0.29, 0.717) is 16.8 Å². The van der Waals surface area contributed by atoms with E-state index >= 15 is 0 Å². The molecule has 0 radical (unpaired) electrons. The van der Waals surface area contributed by atoms with E-state index in [0.717, 1.165) is 11.8 Å². The first-order chi connectivity index (χ1) is 10.5. The largest absolute Gasteiger partial charge is 0.478 e. The number of nitrogens with zero attached hydrogens (tertiary/aromatic N) is 1. The standard InChI is InChI=1S/C17H14FNO3/c1-10-16(17(21)22)13-8-14(18)15(20)7-11(13)9-19(10)12-5-3-2-4-6-12/h2-6,8-9,14H,7H2,1H3,(H,21,22). The van der Waals surface area contributed by atoms with Crippen molar-refractivity contribution in [3.8, 4) is 0 Å². The number of hydrogen-bond acceptors (Lipinski definition) is 3. The predicted molar refractivity (Wildman–Crippen MR) is 79.9 cm³/mol. The second-order valence-electron chi connectivity index (χ2n) is 5.25. The Hall–Kier alpha value is -2.69. The zero-order chi connectivity index (χ0) is 15.9. The van der Waals surface area contributed by atoms with Gasteiger partial charge in [0.1, 0.15) is 0 Å². The number of hydrogen-bond donors (Lipinski definition) is 1. The molecule has 4 nitrogen and oxygen atoms in total. The topological polar surface area (TPSA) is 57.6 Å². The quantitative estimate of drug-likeness (QED) is 0.912. The smallest absolute Gasteiger partial charge is 0.338 e. The molecule has 5 heteroatoms. The summed E-state index contributed by atoms with van der Waals surface area (Å²) in [5.74, 6) is -1.68. The van der Waals surface area contributed by atoms with Crippen molar-refractivity contribution >= 4 is 17.4 Å². The van der Waals surface area contributed by atoms with Crippen molar-refractivity contribution in [3.05, 3.63) is 65.0 Å². The molecule has 1 N–H and O–H groups in total. The number of aliphatic carboxylic acids is 1. The van der Waals surface area contributed by atoms with Gasteiger partial charge < -0.3 is 10.0 Å². The van der Waals surface area contributed by atoms with Gasteiger partial charge in [0.15, 0.2) is 12.0 Å². The molecular weight excluding hydrogens is 285 g/mol. The van der Waals surface area contributed by atoms with Gasteiger partial charge in [-0.2, -0.15) is 0 Å². The molecule has 3 rings (SSSR count).